The number of hydrogen-bond donors (Lipinski definition) is 3. The lowest BCUT2D eigenvalue weighted by atomic mass is 10.0. The maximum atomic E-state index is 5.96. The van der Waals surface area contributed by atoms with Crippen LogP contribution in [0.3, 0.4) is 0 Å². The Morgan fingerprint density at radius 1 is 1.47 bits per heavy atom. The number of nitrogen functional groups attached to an aromatic ring is 1. The molecule has 1 unspecified atom stereocenters. The minimum absolute atomic E-state index is 0.220. The molecule has 1 heterocycles. The number of aryl methyl sites for hydroxylation is 1. The van der Waals surface area contributed by atoms with Crippen molar-refractivity contribution in [3.63, 3.8) is 0 Å². The molecule has 17 heavy (non-hydrogen) atoms. The topological polar surface area (TPSA) is 81.9 Å². The molecule has 0 spiro atoms. The summed E-state index contributed by atoms with van der Waals surface area (Å²) in [5, 5.41) is 4.75. The van der Waals surface area contributed by atoms with Gasteiger partial charge in [-0.25, -0.2) is 5.43 Å². The molecule has 5 nitrogen and oxygen atoms in total. The number of aromatic nitrogens is 2. The van der Waals surface area contributed by atoms with Crippen LogP contribution in [0, 0.1) is 0 Å². The number of benzene rings is 1. The average Bonchev–Trinajstić information content (AvgIpc) is 2.63. The van der Waals surface area contributed by atoms with Crippen LogP contribution in [-0.2, 0) is 7.05 Å². The third-order valence-electron chi connectivity index (χ3n) is 2.67. The van der Waals surface area contributed by atoms with E-state index >= 15 is 0 Å². The van der Waals surface area contributed by atoms with Gasteiger partial charge in [-0.1, -0.05) is 23.7 Å². The molecule has 5 N–H and O–H groups in total. The van der Waals surface area contributed by atoms with Gasteiger partial charge in [0, 0.05) is 17.6 Å². The van der Waals surface area contributed by atoms with Crippen molar-refractivity contribution in [2.75, 3.05) is 5.73 Å². The number of hydrazine groups is 1. The van der Waals surface area contributed by atoms with Crippen molar-refractivity contribution in [1.29, 1.82) is 0 Å². The third-order valence-corrected chi connectivity index (χ3v) is 2.91. The molecule has 0 saturated heterocycles. The summed E-state index contributed by atoms with van der Waals surface area (Å²) < 4.78 is 1.60. The van der Waals surface area contributed by atoms with Crippen LogP contribution < -0.4 is 17.0 Å². The highest BCUT2D eigenvalue weighted by Gasteiger charge is 2.18. The van der Waals surface area contributed by atoms with Crippen molar-refractivity contribution < 1.29 is 0 Å². The number of halogens is 1. The van der Waals surface area contributed by atoms with Crippen LogP contribution in [0.15, 0.2) is 30.5 Å². The van der Waals surface area contributed by atoms with E-state index in [9.17, 15) is 0 Å². The minimum Gasteiger partial charge on any atom is -0.384 e. The molecule has 2 rings (SSSR count). The smallest absolute Gasteiger partial charge is 0.126 e. The van der Waals surface area contributed by atoms with Crippen LogP contribution in [0.5, 0.6) is 0 Å². The third kappa shape index (κ3) is 2.26. The molecule has 0 aliphatic carbocycles. The Balaban J connectivity index is 2.44. The zero-order valence-electron chi connectivity index (χ0n) is 9.39. The normalized spacial score (nSPS) is 12.6. The van der Waals surface area contributed by atoms with Gasteiger partial charge in [0.15, 0.2) is 0 Å². The van der Waals surface area contributed by atoms with Gasteiger partial charge >= 0.3 is 0 Å². The molecule has 0 bridgehead atoms. The monoisotopic (exact) mass is 251 g/mol. The van der Waals surface area contributed by atoms with Gasteiger partial charge in [0.05, 0.1) is 12.2 Å². The lowest BCUT2D eigenvalue weighted by Crippen LogP contribution is -2.29. The molecule has 90 valence electrons. The van der Waals surface area contributed by atoms with Crippen LogP contribution in [-0.4, -0.2) is 9.78 Å². The number of anilines is 1. The van der Waals surface area contributed by atoms with Crippen molar-refractivity contribution in [3.05, 3.63) is 46.6 Å². The number of nitrogens with zero attached hydrogens (tertiary/aromatic N) is 2. The zero-order valence-corrected chi connectivity index (χ0v) is 10.1. The standard InChI is InChI=1S/C11H14ClN5/c1-17-11(13)9(6-15-17)10(16-14)7-3-2-4-8(12)5-7/h2-6,10,16H,13-14H2,1H3. The molecule has 0 amide bonds. The zero-order chi connectivity index (χ0) is 12.4. The largest absolute Gasteiger partial charge is 0.384 e. The van der Waals surface area contributed by atoms with Crippen LogP contribution in [0.25, 0.3) is 0 Å². The van der Waals surface area contributed by atoms with Crippen LogP contribution in [0.4, 0.5) is 5.82 Å². The molecule has 1 aromatic heterocycles. The van der Waals surface area contributed by atoms with Gasteiger partial charge in [-0.15, -0.1) is 0 Å². The Kier molecular flexibility index (Phi) is 3.33. The molecule has 6 heteroatoms. The lowest BCUT2D eigenvalue weighted by molar-refractivity contribution is 0.638. The summed E-state index contributed by atoms with van der Waals surface area (Å²) in [6.45, 7) is 0. The van der Waals surface area contributed by atoms with Gasteiger partial charge in [0.25, 0.3) is 0 Å². The van der Waals surface area contributed by atoms with E-state index in [1.54, 1.807) is 17.9 Å². The summed E-state index contributed by atoms with van der Waals surface area (Å²) in [7, 11) is 1.78. The van der Waals surface area contributed by atoms with E-state index in [4.69, 9.17) is 23.2 Å². The van der Waals surface area contributed by atoms with E-state index in [1.165, 1.54) is 0 Å². The highest BCUT2D eigenvalue weighted by molar-refractivity contribution is 6.30. The number of nitrogens with two attached hydrogens (primary N) is 2. The van der Waals surface area contributed by atoms with Gasteiger partial charge in [-0.05, 0) is 17.7 Å². The first-order chi connectivity index (χ1) is 8.13. The maximum Gasteiger partial charge on any atom is 0.126 e. The highest BCUT2D eigenvalue weighted by Crippen LogP contribution is 2.27. The molecule has 1 atom stereocenters. The SMILES string of the molecule is Cn1ncc(C(NN)c2cccc(Cl)c2)c1N. The Bertz CT molecular complexity index is 522. The fraction of sp³-hybridized carbons (Fsp3) is 0.182. The van der Waals surface area contributed by atoms with Crippen LogP contribution in [0.2, 0.25) is 5.02 Å². The summed E-state index contributed by atoms with van der Waals surface area (Å²) >= 11 is 5.96. The minimum atomic E-state index is -0.220. The predicted molar refractivity (Wildman–Crippen MR) is 68.2 cm³/mol. The number of hydrogen-bond acceptors (Lipinski definition) is 4. The fourth-order valence-corrected chi connectivity index (χ4v) is 1.94. The molecule has 2 aromatic rings. The summed E-state index contributed by atoms with van der Waals surface area (Å²) in [5.41, 5.74) is 10.4. The summed E-state index contributed by atoms with van der Waals surface area (Å²) in [6, 6.07) is 7.24. The second-order valence-corrected chi connectivity index (χ2v) is 4.20. The van der Waals surface area contributed by atoms with Gasteiger partial charge in [0.1, 0.15) is 5.82 Å². The lowest BCUT2D eigenvalue weighted by Gasteiger charge is -2.16. The van der Waals surface area contributed by atoms with Crippen molar-refractivity contribution in [2.24, 2.45) is 12.9 Å². The number of nitrogens with one attached hydrogen (secondary N) is 1. The second kappa shape index (κ2) is 4.75. The number of rotatable bonds is 3. The fourth-order valence-electron chi connectivity index (χ4n) is 1.74. The Morgan fingerprint density at radius 3 is 2.76 bits per heavy atom. The molecule has 0 fully saturated rings. The van der Waals surface area contributed by atoms with E-state index < -0.39 is 0 Å². The van der Waals surface area contributed by atoms with E-state index in [2.05, 4.69) is 10.5 Å². The first-order valence-corrected chi connectivity index (χ1v) is 5.50. The van der Waals surface area contributed by atoms with Crippen molar-refractivity contribution in [3.8, 4) is 0 Å². The first-order valence-electron chi connectivity index (χ1n) is 5.12. The van der Waals surface area contributed by atoms with Crippen LogP contribution in [0.1, 0.15) is 17.2 Å². The Labute approximate surface area is 104 Å². The molecule has 0 radical (unpaired) electrons. The average molecular weight is 252 g/mol. The summed E-state index contributed by atoms with van der Waals surface area (Å²) in [6.07, 6.45) is 1.70. The summed E-state index contributed by atoms with van der Waals surface area (Å²) in [5.74, 6) is 6.16. The Morgan fingerprint density at radius 2 is 2.24 bits per heavy atom. The molecular formula is C11H14ClN5. The second-order valence-electron chi connectivity index (χ2n) is 3.76. The maximum absolute atomic E-state index is 5.96. The first kappa shape index (κ1) is 11.9. The molecule has 0 aliphatic rings. The Hall–Kier alpha value is -1.56. The van der Waals surface area contributed by atoms with Gasteiger partial charge in [-0.3, -0.25) is 10.5 Å². The summed E-state index contributed by atoms with van der Waals surface area (Å²) in [4.78, 5) is 0. The van der Waals surface area contributed by atoms with E-state index in [0.29, 0.717) is 10.8 Å². The van der Waals surface area contributed by atoms with Gasteiger partial charge < -0.3 is 5.73 Å². The molecule has 0 saturated carbocycles. The quantitative estimate of drug-likeness (QED) is 0.566. The molecular weight excluding hydrogens is 238 g/mol. The van der Waals surface area contributed by atoms with E-state index in [-0.39, 0.29) is 6.04 Å². The highest BCUT2D eigenvalue weighted by atomic mass is 35.5. The van der Waals surface area contributed by atoms with Gasteiger partial charge in [0.2, 0.25) is 0 Å². The van der Waals surface area contributed by atoms with Crippen molar-refractivity contribution in [1.82, 2.24) is 15.2 Å². The predicted octanol–water partition coefficient (Wildman–Crippen LogP) is 1.21. The van der Waals surface area contributed by atoms with Crippen molar-refractivity contribution in [2.45, 2.75) is 6.04 Å². The molecule has 1 aromatic carbocycles. The van der Waals surface area contributed by atoms with E-state index in [1.807, 2.05) is 24.3 Å². The van der Waals surface area contributed by atoms with Gasteiger partial charge in [-0.2, -0.15) is 5.10 Å². The van der Waals surface area contributed by atoms with Crippen molar-refractivity contribution >= 4 is 17.4 Å². The van der Waals surface area contributed by atoms with Crippen LogP contribution >= 0.6 is 11.6 Å². The molecule has 0 aliphatic heterocycles. The van der Waals surface area contributed by atoms with E-state index in [0.717, 1.165) is 11.1 Å².